The Kier molecular flexibility index (Phi) is 4.32. The smallest absolute Gasteiger partial charge is 0.123 e. The molecule has 18 heavy (non-hydrogen) atoms. The van der Waals surface area contributed by atoms with Crippen LogP contribution >= 0.6 is 0 Å². The summed E-state index contributed by atoms with van der Waals surface area (Å²) in [6.45, 7) is 0.958. The summed E-state index contributed by atoms with van der Waals surface area (Å²) >= 11 is 0. The minimum atomic E-state index is -0.600. The van der Waals surface area contributed by atoms with E-state index in [1.807, 2.05) is 6.07 Å². The number of rotatable bonds is 5. The van der Waals surface area contributed by atoms with E-state index in [0.717, 1.165) is 25.0 Å². The molecule has 2 unspecified atom stereocenters. The zero-order valence-corrected chi connectivity index (χ0v) is 10.4. The van der Waals surface area contributed by atoms with Gasteiger partial charge in [-0.1, -0.05) is 12.1 Å². The predicted octanol–water partition coefficient (Wildman–Crippen LogP) is 1.58. The van der Waals surface area contributed by atoms with Crippen molar-refractivity contribution in [2.75, 3.05) is 19.8 Å². The van der Waals surface area contributed by atoms with E-state index in [9.17, 15) is 9.50 Å². The average Bonchev–Trinajstić information content (AvgIpc) is 2.89. The predicted molar refractivity (Wildman–Crippen MR) is 67.8 cm³/mol. The molecule has 0 amide bonds. The number of hydrogen-bond donors (Lipinski definition) is 2. The van der Waals surface area contributed by atoms with E-state index in [-0.39, 0.29) is 25.1 Å². The van der Waals surface area contributed by atoms with Crippen molar-refractivity contribution in [3.8, 4) is 0 Å². The second kappa shape index (κ2) is 5.78. The Bertz CT molecular complexity index is 387. The van der Waals surface area contributed by atoms with Crippen LogP contribution in [0.2, 0.25) is 0 Å². The summed E-state index contributed by atoms with van der Waals surface area (Å²) in [6, 6.07) is 6.33. The van der Waals surface area contributed by atoms with E-state index >= 15 is 0 Å². The summed E-state index contributed by atoms with van der Waals surface area (Å²) in [7, 11) is 0. The minimum Gasteiger partial charge on any atom is -0.395 e. The summed E-state index contributed by atoms with van der Waals surface area (Å²) in [6.07, 6.45) is 2.78. The molecule has 1 aliphatic heterocycles. The lowest BCUT2D eigenvalue weighted by atomic mass is 9.76. The summed E-state index contributed by atoms with van der Waals surface area (Å²) in [4.78, 5) is 0. The van der Waals surface area contributed by atoms with Crippen LogP contribution in [0.1, 0.15) is 24.8 Å². The summed E-state index contributed by atoms with van der Waals surface area (Å²) in [5, 5.41) is 9.72. The maximum Gasteiger partial charge on any atom is 0.123 e. The highest BCUT2D eigenvalue weighted by Gasteiger charge is 2.35. The average molecular weight is 253 g/mol. The maximum absolute atomic E-state index is 13.3. The number of aliphatic hydroxyl groups excluding tert-OH is 1. The van der Waals surface area contributed by atoms with Crippen molar-refractivity contribution in [3.05, 3.63) is 35.6 Å². The maximum atomic E-state index is 13.3. The molecule has 2 rings (SSSR count). The van der Waals surface area contributed by atoms with Crippen LogP contribution in [0.5, 0.6) is 0 Å². The van der Waals surface area contributed by atoms with Gasteiger partial charge in [0.15, 0.2) is 0 Å². The third kappa shape index (κ3) is 2.71. The fourth-order valence-corrected chi connectivity index (χ4v) is 2.60. The summed E-state index contributed by atoms with van der Waals surface area (Å²) < 4.78 is 18.9. The SMILES string of the molecule is NCC(CO)(CC1CCCO1)c1cccc(F)c1. The first kappa shape index (κ1) is 13.5. The normalized spacial score (nSPS) is 22.9. The highest BCUT2D eigenvalue weighted by atomic mass is 19.1. The van der Waals surface area contributed by atoms with Gasteiger partial charge in [-0.15, -0.1) is 0 Å². The van der Waals surface area contributed by atoms with Gasteiger partial charge in [0.25, 0.3) is 0 Å². The van der Waals surface area contributed by atoms with Crippen LogP contribution in [-0.4, -0.2) is 31.0 Å². The van der Waals surface area contributed by atoms with Crippen molar-refractivity contribution in [2.24, 2.45) is 5.73 Å². The molecule has 1 aromatic carbocycles. The minimum absolute atomic E-state index is 0.0905. The fraction of sp³-hybridized carbons (Fsp3) is 0.571. The van der Waals surface area contributed by atoms with Crippen LogP contribution in [0, 0.1) is 5.82 Å². The molecule has 0 bridgehead atoms. The lowest BCUT2D eigenvalue weighted by Gasteiger charge is -2.33. The van der Waals surface area contributed by atoms with Gasteiger partial charge in [0, 0.05) is 18.6 Å². The van der Waals surface area contributed by atoms with Crippen LogP contribution in [0.15, 0.2) is 24.3 Å². The molecule has 1 fully saturated rings. The lowest BCUT2D eigenvalue weighted by Crippen LogP contribution is -2.41. The van der Waals surface area contributed by atoms with Crippen molar-refractivity contribution in [3.63, 3.8) is 0 Å². The molecule has 0 spiro atoms. The second-order valence-electron chi connectivity index (χ2n) is 4.99. The number of hydrogen-bond acceptors (Lipinski definition) is 3. The molecular formula is C14H20FNO2. The highest BCUT2D eigenvalue weighted by molar-refractivity contribution is 5.27. The number of benzene rings is 1. The van der Waals surface area contributed by atoms with Crippen molar-refractivity contribution >= 4 is 0 Å². The monoisotopic (exact) mass is 253 g/mol. The van der Waals surface area contributed by atoms with E-state index in [1.54, 1.807) is 6.07 Å². The quantitative estimate of drug-likeness (QED) is 0.837. The number of halogens is 1. The van der Waals surface area contributed by atoms with Crippen molar-refractivity contribution in [1.29, 1.82) is 0 Å². The Morgan fingerprint density at radius 2 is 2.33 bits per heavy atom. The molecule has 2 atom stereocenters. The molecule has 3 nitrogen and oxygen atoms in total. The van der Waals surface area contributed by atoms with Gasteiger partial charge in [-0.25, -0.2) is 4.39 Å². The molecule has 0 aromatic heterocycles. The lowest BCUT2D eigenvalue weighted by molar-refractivity contribution is 0.0656. The molecule has 3 N–H and O–H groups in total. The first-order valence-corrected chi connectivity index (χ1v) is 6.39. The molecular weight excluding hydrogens is 233 g/mol. The Labute approximate surface area is 107 Å². The van der Waals surface area contributed by atoms with Crippen LogP contribution in [-0.2, 0) is 10.2 Å². The topological polar surface area (TPSA) is 55.5 Å². The van der Waals surface area contributed by atoms with Gasteiger partial charge in [0.1, 0.15) is 5.82 Å². The van der Waals surface area contributed by atoms with Gasteiger partial charge >= 0.3 is 0 Å². The Hall–Kier alpha value is -0.970. The Morgan fingerprint density at radius 1 is 1.50 bits per heavy atom. The largest absolute Gasteiger partial charge is 0.395 e. The zero-order chi connectivity index (χ0) is 13.0. The number of aliphatic hydroxyl groups is 1. The fourth-order valence-electron chi connectivity index (χ4n) is 2.60. The van der Waals surface area contributed by atoms with Gasteiger partial charge in [-0.2, -0.15) is 0 Å². The van der Waals surface area contributed by atoms with Gasteiger partial charge in [-0.05, 0) is 37.0 Å². The molecule has 0 aliphatic carbocycles. The van der Waals surface area contributed by atoms with E-state index in [1.165, 1.54) is 12.1 Å². The summed E-state index contributed by atoms with van der Waals surface area (Å²) in [5.74, 6) is -0.300. The molecule has 0 radical (unpaired) electrons. The molecule has 4 heteroatoms. The van der Waals surface area contributed by atoms with Gasteiger partial charge in [-0.3, -0.25) is 0 Å². The molecule has 1 saturated heterocycles. The third-order valence-electron chi connectivity index (χ3n) is 3.77. The molecule has 1 heterocycles. The van der Waals surface area contributed by atoms with Crippen LogP contribution in [0.25, 0.3) is 0 Å². The standard InChI is InChI=1S/C14H20FNO2/c15-12-4-1-3-11(7-12)14(9-16,10-17)8-13-5-2-6-18-13/h1,3-4,7,13,17H,2,5-6,8-10,16H2. The second-order valence-corrected chi connectivity index (χ2v) is 4.99. The van der Waals surface area contributed by atoms with Crippen molar-refractivity contribution < 1.29 is 14.2 Å². The first-order chi connectivity index (χ1) is 8.70. The molecule has 1 aromatic rings. The van der Waals surface area contributed by atoms with E-state index in [2.05, 4.69) is 0 Å². The molecule has 0 saturated carbocycles. The van der Waals surface area contributed by atoms with Crippen molar-refractivity contribution in [1.82, 2.24) is 0 Å². The number of nitrogens with two attached hydrogens (primary N) is 1. The molecule has 1 aliphatic rings. The van der Waals surface area contributed by atoms with Gasteiger partial charge in [0.05, 0.1) is 12.7 Å². The Balaban J connectivity index is 2.24. The van der Waals surface area contributed by atoms with Crippen LogP contribution < -0.4 is 5.73 Å². The first-order valence-electron chi connectivity index (χ1n) is 6.39. The third-order valence-corrected chi connectivity index (χ3v) is 3.77. The van der Waals surface area contributed by atoms with E-state index in [4.69, 9.17) is 10.5 Å². The van der Waals surface area contributed by atoms with Gasteiger partial charge < -0.3 is 15.6 Å². The van der Waals surface area contributed by atoms with Crippen LogP contribution in [0.4, 0.5) is 4.39 Å². The number of ether oxygens (including phenoxy) is 1. The zero-order valence-electron chi connectivity index (χ0n) is 10.4. The molecule has 100 valence electrons. The highest BCUT2D eigenvalue weighted by Crippen LogP contribution is 2.32. The van der Waals surface area contributed by atoms with E-state index < -0.39 is 5.41 Å². The van der Waals surface area contributed by atoms with E-state index in [0.29, 0.717) is 6.42 Å². The van der Waals surface area contributed by atoms with Crippen LogP contribution in [0.3, 0.4) is 0 Å². The Morgan fingerprint density at radius 3 is 2.89 bits per heavy atom. The van der Waals surface area contributed by atoms with Crippen molar-refractivity contribution in [2.45, 2.75) is 30.8 Å². The summed E-state index contributed by atoms with van der Waals surface area (Å²) in [5.41, 5.74) is 5.99. The van der Waals surface area contributed by atoms with Gasteiger partial charge in [0.2, 0.25) is 0 Å².